The SMILES string of the molecule is CCC/C=C\C/C=C\CCCCCCCC(=O)OC(COC(=O)CCCCCCC/C=C\CCC)COC(=O)CCCCCCCCCCCCCCCCCCCCCCC/C=C\CCCCCCCCCC. The van der Waals surface area contributed by atoms with Gasteiger partial charge in [-0.15, -0.1) is 0 Å². The minimum atomic E-state index is -0.781. The molecule has 0 saturated heterocycles. The van der Waals surface area contributed by atoms with Gasteiger partial charge in [0, 0.05) is 19.3 Å². The Morgan fingerprint density at radius 3 is 0.824 bits per heavy atom. The number of unbranched alkanes of at least 4 members (excludes halogenated alkanes) is 41. The average molecular weight is 1040 g/mol. The highest BCUT2D eigenvalue weighted by molar-refractivity contribution is 5.71. The van der Waals surface area contributed by atoms with Gasteiger partial charge in [-0.05, 0) is 89.9 Å². The molecule has 0 aliphatic heterocycles. The molecule has 1 atom stereocenters. The van der Waals surface area contributed by atoms with Crippen molar-refractivity contribution in [1.82, 2.24) is 0 Å². The van der Waals surface area contributed by atoms with Crippen LogP contribution in [0.4, 0.5) is 0 Å². The van der Waals surface area contributed by atoms with E-state index >= 15 is 0 Å². The molecule has 0 aromatic carbocycles. The van der Waals surface area contributed by atoms with Crippen LogP contribution < -0.4 is 0 Å². The summed E-state index contributed by atoms with van der Waals surface area (Å²) in [4.78, 5) is 38.1. The lowest BCUT2D eigenvalue weighted by molar-refractivity contribution is -0.167. The third-order valence-electron chi connectivity index (χ3n) is 14.5. The summed E-state index contributed by atoms with van der Waals surface area (Å²) in [5.41, 5.74) is 0. The van der Waals surface area contributed by atoms with Crippen LogP contribution in [0.2, 0.25) is 0 Å². The van der Waals surface area contributed by atoms with Crippen molar-refractivity contribution in [2.45, 2.75) is 354 Å². The lowest BCUT2D eigenvalue weighted by atomic mass is 10.0. The summed E-state index contributed by atoms with van der Waals surface area (Å²) in [7, 11) is 0. The summed E-state index contributed by atoms with van der Waals surface area (Å²) in [5.74, 6) is -0.890. The van der Waals surface area contributed by atoms with Crippen molar-refractivity contribution < 1.29 is 28.6 Å². The molecule has 0 aliphatic carbocycles. The van der Waals surface area contributed by atoms with Crippen LogP contribution in [0.1, 0.15) is 348 Å². The zero-order chi connectivity index (χ0) is 53.6. The van der Waals surface area contributed by atoms with E-state index in [2.05, 4.69) is 69.4 Å². The molecule has 432 valence electrons. The highest BCUT2D eigenvalue weighted by Gasteiger charge is 2.19. The maximum absolute atomic E-state index is 12.8. The van der Waals surface area contributed by atoms with Gasteiger partial charge in [0.05, 0.1) is 0 Å². The van der Waals surface area contributed by atoms with Crippen LogP contribution in [0.5, 0.6) is 0 Å². The first kappa shape index (κ1) is 71.4. The molecule has 0 heterocycles. The Labute approximate surface area is 460 Å². The summed E-state index contributed by atoms with van der Waals surface area (Å²) in [5, 5.41) is 0. The Hall–Kier alpha value is -2.63. The molecule has 6 nitrogen and oxygen atoms in total. The number of esters is 3. The monoisotopic (exact) mass is 1040 g/mol. The molecule has 0 radical (unpaired) electrons. The molecule has 0 amide bonds. The lowest BCUT2D eigenvalue weighted by Crippen LogP contribution is -2.30. The predicted octanol–water partition coefficient (Wildman–Crippen LogP) is 22.2. The summed E-state index contributed by atoms with van der Waals surface area (Å²) < 4.78 is 16.8. The topological polar surface area (TPSA) is 78.9 Å². The van der Waals surface area contributed by atoms with Crippen molar-refractivity contribution in [3.63, 3.8) is 0 Å². The van der Waals surface area contributed by atoms with E-state index in [9.17, 15) is 14.4 Å². The number of carbonyl (C=O) groups excluding carboxylic acids is 3. The first-order valence-electron chi connectivity index (χ1n) is 32.6. The maximum atomic E-state index is 12.8. The summed E-state index contributed by atoms with van der Waals surface area (Å²) in [6.45, 7) is 6.53. The van der Waals surface area contributed by atoms with E-state index in [1.165, 1.54) is 205 Å². The minimum Gasteiger partial charge on any atom is -0.462 e. The van der Waals surface area contributed by atoms with Gasteiger partial charge < -0.3 is 14.2 Å². The molecule has 0 aromatic rings. The van der Waals surface area contributed by atoms with E-state index < -0.39 is 6.10 Å². The average Bonchev–Trinajstić information content (AvgIpc) is 3.40. The largest absolute Gasteiger partial charge is 0.462 e. The van der Waals surface area contributed by atoms with E-state index in [0.29, 0.717) is 19.3 Å². The number of carbonyl (C=O) groups is 3. The number of allylic oxidation sites excluding steroid dienone is 8. The standard InChI is InChI=1S/C68H124O6/c1-4-7-10-13-16-19-22-24-25-26-27-28-29-30-31-32-33-34-35-36-37-38-39-40-41-42-43-45-46-49-52-55-58-61-67(70)73-64-65(63-72-66(69)60-57-54-51-48-21-18-15-12-9-6-3)74-68(71)62-59-56-53-50-47-44-23-20-17-14-11-8-5-2/h11-12,14-15,20,23,26-27,65H,4-10,13,16-19,21-22,24-25,28-64H2,1-3H3/b14-11-,15-12-,23-20-,27-26-. The number of ether oxygens (including phenoxy) is 3. The quantitative estimate of drug-likeness (QED) is 0.0261. The molecular formula is C68H124O6. The Morgan fingerprint density at radius 1 is 0.270 bits per heavy atom. The molecule has 74 heavy (non-hydrogen) atoms. The van der Waals surface area contributed by atoms with Gasteiger partial charge in [0.15, 0.2) is 6.10 Å². The van der Waals surface area contributed by atoms with Crippen LogP contribution in [0.25, 0.3) is 0 Å². The van der Waals surface area contributed by atoms with Crippen molar-refractivity contribution in [2.24, 2.45) is 0 Å². The Kier molecular flexibility index (Phi) is 60.7. The predicted molar refractivity (Wildman–Crippen MR) is 321 cm³/mol. The van der Waals surface area contributed by atoms with E-state index in [1.807, 2.05) is 0 Å². The zero-order valence-corrected chi connectivity index (χ0v) is 49.6. The van der Waals surface area contributed by atoms with Crippen LogP contribution in [-0.2, 0) is 28.6 Å². The third kappa shape index (κ3) is 60.2. The first-order chi connectivity index (χ1) is 36.5. The summed E-state index contributed by atoms with van der Waals surface area (Å²) in [6.07, 6.45) is 78.8. The molecule has 0 N–H and O–H groups in total. The first-order valence-corrected chi connectivity index (χ1v) is 32.6. The third-order valence-corrected chi connectivity index (χ3v) is 14.5. The molecule has 0 saturated carbocycles. The minimum absolute atomic E-state index is 0.0786. The molecule has 0 aromatic heterocycles. The van der Waals surface area contributed by atoms with Crippen molar-refractivity contribution in [3.8, 4) is 0 Å². The molecule has 0 aliphatic rings. The van der Waals surface area contributed by atoms with E-state index in [1.54, 1.807) is 0 Å². The number of hydrogen-bond acceptors (Lipinski definition) is 6. The molecule has 6 heteroatoms. The Balaban J connectivity index is 4.00. The number of rotatable bonds is 60. The zero-order valence-electron chi connectivity index (χ0n) is 49.6. The summed E-state index contributed by atoms with van der Waals surface area (Å²) in [6, 6.07) is 0. The van der Waals surface area contributed by atoms with Gasteiger partial charge in [-0.2, -0.15) is 0 Å². The van der Waals surface area contributed by atoms with Crippen molar-refractivity contribution >= 4 is 17.9 Å². The molecular weight excluding hydrogens is 913 g/mol. The van der Waals surface area contributed by atoms with Crippen LogP contribution in [-0.4, -0.2) is 37.2 Å². The van der Waals surface area contributed by atoms with Crippen LogP contribution >= 0.6 is 0 Å². The summed E-state index contributed by atoms with van der Waals surface area (Å²) >= 11 is 0. The maximum Gasteiger partial charge on any atom is 0.306 e. The van der Waals surface area contributed by atoms with Crippen LogP contribution in [0.15, 0.2) is 48.6 Å². The fraction of sp³-hybridized carbons (Fsp3) is 0.838. The van der Waals surface area contributed by atoms with Gasteiger partial charge in [0.25, 0.3) is 0 Å². The normalized spacial score (nSPS) is 12.3. The van der Waals surface area contributed by atoms with Gasteiger partial charge in [-0.25, -0.2) is 0 Å². The van der Waals surface area contributed by atoms with Crippen molar-refractivity contribution in [1.29, 1.82) is 0 Å². The van der Waals surface area contributed by atoms with Gasteiger partial charge in [-0.1, -0.05) is 288 Å². The second-order valence-electron chi connectivity index (χ2n) is 22.0. The Morgan fingerprint density at radius 2 is 0.514 bits per heavy atom. The highest BCUT2D eigenvalue weighted by Crippen LogP contribution is 2.18. The van der Waals surface area contributed by atoms with Gasteiger partial charge >= 0.3 is 17.9 Å². The van der Waals surface area contributed by atoms with E-state index in [-0.39, 0.29) is 31.1 Å². The lowest BCUT2D eigenvalue weighted by Gasteiger charge is -2.18. The fourth-order valence-electron chi connectivity index (χ4n) is 9.60. The van der Waals surface area contributed by atoms with Crippen molar-refractivity contribution in [2.75, 3.05) is 13.2 Å². The van der Waals surface area contributed by atoms with Gasteiger partial charge in [-0.3, -0.25) is 14.4 Å². The molecule has 0 bridgehead atoms. The molecule has 0 fully saturated rings. The second kappa shape index (κ2) is 62.9. The molecule has 0 spiro atoms. The number of hydrogen-bond donors (Lipinski definition) is 0. The van der Waals surface area contributed by atoms with Gasteiger partial charge in [0.2, 0.25) is 0 Å². The smallest absolute Gasteiger partial charge is 0.306 e. The Bertz CT molecular complexity index is 1280. The second-order valence-corrected chi connectivity index (χ2v) is 22.0. The van der Waals surface area contributed by atoms with E-state index in [0.717, 1.165) is 103 Å². The van der Waals surface area contributed by atoms with Crippen LogP contribution in [0, 0.1) is 0 Å². The van der Waals surface area contributed by atoms with Gasteiger partial charge in [0.1, 0.15) is 13.2 Å². The molecule has 0 rings (SSSR count). The van der Waals surface area contributed by atoms with Crippen LogP contribution in [0.3, 0.4) is 0 Å². The van der Waals surface area contributed by atoms with E-state index in [4.69, 9.17) is 14.2 Å². The highest BCUT2D eigenvalue weighted by atomic mass is 16.6. The van der Waals surface area contributed by atoms with Crippen molar-refractivity contribution in [3.05, 3.63) is 48.6 Å². The fourth-order valence-corrected chi connectivity index (χ4v) is 9.60. The molecule has 1 unspecified atom stereocenters.